The molecule has 1 amide bonds. The number of rotatable bonds is 6. The van der Waals surface area contributed by atoms with Gasteiger partial charge in [0.1, 0.15) is 6.04 Å². The first-order valence-corrected chi connectivity index (χ1v) is 14.1. The summed E-state index contributed by atoms with van der Waals surface area (Å²) < 4.78 is 0. The number of carbonyl (C=O) groups is 2. The minimum Gasteiger partial charge on any atom is -0.480 e. The standard InChI is InChI=1S/C35H33N3O4/c1-35(27-14-4-2-5-15-27,28-16-6-3-7-17-28)33(41)36-22-23-37(31(24-36)32(39)40)34(42)38-29-18-10-8-12-25(29)20-21-26-13-9-11-19-30(26)38/h2-21,31,34,42H,22-24H2,1H3,(H,39,40)/t31-,34?/m0/s1. The molecule has 6 rings (SSSR count). The van der Waals surface area contributed by atoms with Gasteiger partial charge in [-0.25, -0.2) is 4.90 Å². The van der Waals surface area contributed by atoms with E-state index < -0.39 is 23.8 Å². The fraction of sp³-hybridized carbons (Fsp3) is 0.200. The van der Waals surface area contributed by atoms with Gasteiger partial charge in [0, 0.05) is 19.6 Å². The number of carbonyl (C=O) groups excluding carboxylic acids is 1. The number of nitrogens with zero attached hydrogens (tertiary/aromatic N) is 3. The van der Waals surface area contributed by atoms with Gasteiger partial charge in [-0.2, -0.15) is 0 Å². The van der Waals surface area contributed by atoms with E-state index in [2.05, 4.69) is 0 Å². The van der Waals surface area contributed by atoms with Gasteiger partial charge in [0.15, 0.2) is 6.35 Å². The molecule has 2 N–H and O–H groups in total. The van der Waals surface area contributed by atoms with E-state index in [1.165, 1.54) is 0 Å². The maximum Gasteiger partial charge on any atom is 0.322 e. The average Bonchev–Trinajstić information content (AvgIpc) is 3.21. The quantitative estimate of drug-likeness (QED) is 0.338. The van der Waals surface area contributed by atoms with Crippen LogP contribution in [0.3, 0.4) is 0 Å². The Morgan fingerprint density at radius 1 is 0.738 bits per heavy atom. The van der Waals surface area contributed by atoms with E-state index in [9.17, 15) is 19.8 Å². The molecule has 1 unspecified atom stereocenters. The third kappa shape index (κ3) is 4.76. The molecule has 212 valence electrons. The van der Waals surface area contributed by atoms with Gasteiger partial charge in [-0.15, -0.1) is 0 Å². The number of anilines is 2. The van der Waals surface area contributed by atoms with Crippen LogP contribution < -0.4 is 4.90 Å². The van der Waals surface area contributed by atoms with Crippen LogP contribution in [0.25, 0.3) is 12.2 Å². The van der Waals surface area contributed by atoms with Gasteiger partial charge < -0.3 is 20.0 Å². The van der Waals surface area contributed by atoms with Gasteiger partial charge in [0.2, 0.25) is 5.91 Å². The van der Waals surface area contributed by atoms with Crippen molar-refractivity contribution in [1.29, 1.82) is 0 Å². The number of fused-ring (bicyclic) bond motifs is 2. The fourth-order valence-corrected chi connectivity index (χ4v) is 6.15. The molecule has 0 radical (unpaired) electrons. The summed E-state index contributed by atoms with van der Waals surface area (Å²) in [5, 5.41) is 22.4. The molecule has 42 heavy (non-hydrogen) atoms. The number of piperazine rings is 1. The second kappa shape index (κ2) is 11.3. The van der Waals surface area contributed by atoms with Crippen molar-refractivity contribution >= 4 is 35.4 Å². The molecule has 2 atom stereocenters. The third-order valence-electron chi connectivity index (χ3n) is 8.49. The molecule has 2 aliphatic rings. The van der Waals surface area contributed by atoms with Crippen LogP contribution in [-0.2, 0) is 15.0 Å². The predicted molar refractivity (Wildman–Crippen MR) is 164 cm³/mol. The van der Waals surface area contributed by atoms with Crippen LogP contribution in [0.2, 0.25) is 0 Å². The van der Waals surface area contributed by atoms with Crippen LogP contribution >= 0.6 is 0 Å². The molecule has 0 bridgehead atoms. The molecule has 1 saturated heterocycles. The Hall–Kier alpha value is -4.72. The molecule has 0 saturated carbocycles. The Kier molecular flexibility index (Phi) is 7.37. The maximum absolute atomic E-state index is 14.4. The Balaban J connectivity index is 1.34. The number of benzene rings is 4. The monoisotopic (exact) mass is 559 g/mol. The number of aliphatic hydroxyl groups is 1. The number of carboxylic acids is 1. The number of aliphatic hydroxyl groups excluding tert-OH is 1. The Morgan fingerprint density at radius 2 is 1.21 bits per heavy atom. The van der Waals surface area contributed by atoms with Crippen molar-refractivity contribution in [2.75, 3.05) is 24.5 Å². The first-order valence-electron chi connectivity index (χ1n) is 14.1. The zero-order chi connectivity index (χ0) is 29.3. The molecule has 0 spiro atoms. The van der Waals surface area contributed by atoms with Gasteiger partial charge in [0.05, 0.1) is 16.8 Å². The molecule has 2 aliphatic heterocycles. The topological polar surface area (TPSA) is 84.3 Å². The smallest absolute Gasteiger partial charge is 0.322 e. The molecule has 4 aromatic rings. The minimum atomic E-state index is -1.28. The van der Waals surface area contributed by atoms with Crippen molar-refractivity contribution in [3.05, 3.63) is 131 Å². The highest BCUT2D eigenvalue weighted by molar-refractivity contribution is 5.92. The fourth-order valence-electron chi connectivity index (χ4n) is 6.15. The van der Waals surface area contributed by atoms with Crippen molar-refractivity contribution in [3.63, 3.8) is 0 Å². The lowest BCUT2D eigenvalue weighted by Gasteiger charge is -2.47. The summed E-state index contributed by atoms with van der Waals surface area (Å²) in [6.45, 7) is 2.28. The van der Waals surface area contributed by atoms with Gasteiger partial charge in [-0.1, -0.05) is 109 Å². The summed E-state index contributed by atoms with van der Waals surface area (Å²) in [4.78, 5) is 32.1. The Morgan fingerprint density at radius 3 is 1.71 bits per heavy atom. The summed E-state index contributed by atoms with van der Waals surface area (Å²) >= 11 is 0. The SMILES string of the molecule is CC(C(=O)N1CCN(C(O)N2c3ccccc3C=Cc3ccccc32)[C@H](C(=O)O)C1)(c1ccccc1)c1ccccc1. The van der Waals surface area contributed by atoms with E-state index >= 15 is 0 Å². The second-order valence-electron chi connectivity index (χ2n) is 10.9. The number of para-hydroxylation sites is 2. The molecule has 7 nitrogen and oxygen atoms in total. The molecular weight excluding hydrogens is 526 g/mol. The van der Waals surface area contributed by atoms with Crippen LogP contribution in [-0.4, -0.2) is 63.9 Å². The Labute approximate surface area is 245 Å². The van der Waals surface area contributed by atoms with E-state index in [0.29, 0.717) is 0 Å². The number of carboxylic acid groups (broad SMARTS) is 1. The third-order valence-corrected chi connectivity index (χ3v) is 8.49. The van der Waals surface area contributed by atoms with E-state index in [1.807, 2.05) is 128 Å². The lowest BCUT2D eigenvalue weighted by atomic mass is 9.75. The van der Waals surface area contributed by atoms with Crippen molar-refractivity contribution < 1.29 is 19.8 Å². The maximum atomic E-state index is 14.4. The van der Waals surface area contributed by atoms with Crippen LogP contribution in [0.5, 0.6) is 0 Å². The van der Waals surface area contributed by atoms with Gasteiger partial charge in [-0.05, 0) is 41.3 Å². The number of aliphatic carboxylic acids is 1. The normalized spacial score (nSPS) is 17.6. The second-order valence-corrected chi connectivity index (χ2v) is 10.9. The molecular formula is C35H33N3O4. The number of hydrogen-bond donors (Lipinski definition) is 2. The zero-order valence-electron chi connectivity index (χ0n) is 23.4. The van der Waals surface area contributed by atoms with E-state index in [4.69, 9.17) is 0 Å². The lowest BCUT2D eigenvalue weighted by molar-refractivity contribution is -0.157. The molecule has 0 aliphatic carbocycles. The van der Waals surface area contributed by atoms with Crippen molar-refractivity contribution in [3.8, 4) is 0 Å². The highest BCUT2D eigenvalue weighted by atomic mass is 16.4. The molecule has 4 aromatic carbocycles. The minimum absolute atomic E-state index is 0.0597. The van der Waals surface area contributed by atoms with Gasteiger partial charge in [0.25, 0.3) is 0 Å². The molecule has 7 heteroatoms. The van der Waals surface area contributed by atoms with Gasteiger partial charge >= 0.3 is 5.97 Å². The van der Waals surface area contributed by atoms with Crippen molar-refractivity contribution in [1.82, 2.24) is 9.80 Å². The predicted octanol–water partition coefficient (Wildman–Crippen LogP) is 5.19. The summed E-state index contributed by atoms with van der Waals surface area (Å²) in [5.41, 5.74) is 4.02. The van der Waals surface area contributed by atoms with Crippen LogP contribution in [0.1, 0.15) is 29.2 Å². The van der Waals surface area contributed by atoms with Crippen molar-refractivity contribution in [2.45, 2.75) is 24.7 Å². The molecule has 1 fully saturated rings. The molecule has 2 heterocycles. The summed E-state index contributed by atoms with van der Waals surface area (Å²) in [6.07, 6.45) is 2.72. The molecule has 0 aromatic heterocycles. The lowest BCUT2D eigenvalue weighted by Crippen LogP contribution is -2.65. The van der Waals surface area contributed by atoms with Crippen LogP contribution in [0.15, 0.2) is 109 Å². The van der Waals surface area contributed by atoms with Crippen molar-refractivity contribution in [2.24, 2.45) is 0 Å². The van der Waals surface area contributed by atoms with E-state index in [1.54, 1.807) is 14.7 Å². The van der Waals surface area contributed by atoms with E-state index in [-0.39, 0.29) is 25.5 Å². The highest BCUT2D eigenvalue weighted by Crippen LogP contribution is 2.39. The summed E-state index contributed by atoms with van der Waals surface area (Å²) in [7, 11) is 0. The van der Waals surface area contributed by atoms with E-state index in [0.717, 1.165) is 33.6 Å². The van der Waals surface area contributed by atoms with Crippen LogP contribution in [0.4, 0.5) is 11.4 Å². The largest absolute Gasteiger partial charge is 0.480 e. The first-order chi connectivity index (χ1) is 20.4. The first kappa shape index (κ1) is 27.4. The summed E-state index contributed by atoms with van der Waals surface area (Å²) in [5.74, 6) is -1.27. The van der Waals surface area contributed by atoms with Crippen LogP contribution in [0, 0.1) is 0 Å². The number of hydrogen-bond acceptors (Lipinski definition) is 5. The Bertz CT molecular complexity index is 1530. The zero-order valence-corrected chi connectivity index (χ0v) is 23.4. The average molecular weight is 560 g/mol. The number of amides is 1. The van der Waals surface area contributed by atoms with Gasteiger partial charge in [-0.3, -0.25) is 9.59 Å². The summed E-state index contributed by atoms with van der Waals surface area (Å²) in [6, 6.07) is 33.5. The highest BCUT2D eigenvalue weighted by Gasteiger charge is 2.45.